The summed E-state index contributed by atoms with van der Waals surface area (Å²) in [5, 5.41) is 2.80. The molecule has 0 saturated heterocycles. The van der Waals surface area contributed by atoms with E-state index in [0.717, 1.165) is 12.3 Å². The van der Waals surface area contributed by atoms with E-state index < -0.39 is 0 Å². The molecule has 0 aromatic rings. The van der Waals surface area contributed by atoms with Crippen LogP contribution < -0.4 is 5.32 Å². The monoisotopic (exact) mass is 211 g/mol. The third-order valence-electron chi connectivity index (χ3n) is 2.85. The molecule has 1 rings (SSSR count). The maximum Gasteiger partial charge on any atom is 0.249 e. The fourth-order valence-electron chi connectivity index (χ4n) is 1.73. The van der Waals surface area contributed by atoms with Crippen molar-refractivity contribution in [3.05, 3.63) is 12.7 Å². The SMILES string of the molecule is C=CCOC(CC1CC1C)C(=O)NCC. The Labute approximate surface area is 91.9 Å². The van der Waals surface area contributed by atoms with Gasteiger partial charge in [0.05, 0.1) is 6.61 Å². The smallest absolute Gasteiger partial charge is 0.249 e. The van der Waals surface area contributed by atoms with Crippen LogP contribution in [0.15, 0.2) is 12.7 Å². The van der Waals surface area contributed by atoms with E-state index in [-0.39, 0.29) is 12.0 Å². The van der Waals surface area contributed by atoms with Gasteiger partial charge < -0.3 is 10.1 Å². The first-order valence-electron chi connectivity index (χ1n) is 5.69. The number of amides is 1. The Morgan fingerprint density at radius 2 is 2.40 bits per heavy atom. The number of rotatable bonds is 7. The molecule has 3 heteroatoms. The van der Waals surface area contributed by atoms with Crippen LogP contribution in [0.2, 0.25) is 0 Å². The van der Waals surface area contributed by atoms with Crippen LogP contribution >= 0.6 is 0 Å². The Hall–Kier alpha value is -0.830. The van der Waals surface area contributed by atoms with Gasteiger partial charge in [0.2, 0.25) is 5.91 Å². The van der Waals surface area contributed by atoms with Gasteiger partial charge in [-0.2, -0.15) is 0 Å². The van der Waals surface area contributed by atoms with Crippen LogP contribution in [-0.4, -0.2) is 25.2 Å². The number of carbonyl (C=O) groups is 1. The number of ether oxygens (including phenoxy) is 1. The van der Waals surface area contributed by atoms with Gasteiger partial charge in [0.25, 0.3) is 0 Å². The Balaban J connectivity index is 2.36. The summed E-state index contributed by atoms with van der Waals surface area (Å²) in [5.41, 5.74) is 0. The molecule has 0 heterocycles. The number of nitrogens with one attached hydrogen (secondary N) is 1. The van der Waals surface area contributed by atoms with Crippen LogP contribution in [-0.2, 0) is 9.53 Å². The second kappa shape index (κ2) is 5.91. The minimum absolute atomic E-state index is 0.0125. The van der Waals surface area contributed by atoms with E-state index in [4.69, 9.17) is 4.74 Å². The van der Waals surface area contributed by atoms with Gasteiger partial charge >= 0.3 is 0 Å². The van der Waals surface area contributed by atoms with Crippen LogP contribution in [0.3, 0.4) is 0 Å². The van der Waals surface area contributed by atoms with E-state index in [9.17, 15) is 4.79 Å². The van der Waals surface area contributed by atoms with Crippen LogP contribution in [0.25, 0.3) is 0 Å². The number of hydrogen-bond donors (Lipinski definition) is 1. The summed E-state index contributed by atoms with van der Waals surface area (Å²) in [4.78, 5) is 11.6. The molecule has 86 valence electrons. The standard InChI is InChI=1S/C12H21NO2/c1-4-6-15-11(12(14)13-5-2)8-10-7-9(10)3/h4,9-11H,1,5-8H2,2-3H3,(H,13,14). The molecule has 0 aromatic heterocycles. The topological polar surface area (TPSA) is 38.3 Å². The molecule has 15 heavy (non-hydrogen) atoms. The molecule has 1 fully saturated rings. The highest BCUT2D eigenvalue weighted by Crippen LogP contribution is 2.41. The quantitative estimate of drug-likeness (QED) is 0.651. The van der Waals surface area contributed by atoms with Gasteiger partial charge in [0.15, 0.2) is 0 Å². The van der Waals surface area contributed by atoms with E-state index in [1.54, 1.807) is 6.08 Å². The molecule has 1 N–H and O–H groups in total. The second-order valence-corrected chi connectivity index (χ2v) is 4.21. The van der Waals surface area contributed by atoms with Crippen LogP contribution in [0, 0.1) is 11.8 Å². The van der Waals surface area contributed by atoms with Gasteiger partial charge in [-0.1, -0.05) is 13.0 Å². The zero-order valence-corrected chi connectivity index (χ0v) is 9.66. The molecule has 1 aliphatic rings. The van der Waals surface area contributed by atoms with E-state index in [0.29, 0.717) is 19.1 Å². The fourth-order valence-corrected chi connectivity index (χ4v) is 1.73. The van der Waals surface area contributed by atoms with Crippen LogP contribution in [0.1, 0.15) is 26.7 Å². The maximum absolute atomic E-state index is 11.6. The van der Waals surface area contributed by atoms with E-state index in [1.165, 1.54) is 6.42 Å². The summed E-state index contributed by atoms with van der Waals surface area (Å²) in [6.45, 7) is 8.83. The van der Waals surface area contributed by atoms with E-state index >= 15 is 0 Å². The van der Waals surface area contributed by atoms with Crippen molar-refractivity contribution >= 4 is 5.91 Å². The van der Waals surface area contributed by atoms with Gasteiger partial charge in [-0.3, -0.25) is 4.79 Å². The largest absolute Gasteiger partial charge is 0.364 e. The summed E-state index contributed by atoms with van der Waals surface area (Å²) in [6, 6.07) is 0. The summed E-state index contributed by atoms with van der Waals surface area (Å²) < 4.78 is 5.47. The Bertz CT molecular complexity index is 228. The van der Waals surface area contributed by atoms with E-state index in [2.05, 4.69) is 18.8 Å². The van der Waals surface area contributed by atoms with Gasteiger partial charge in [-0.25, -0.2) is 0 Å². The zero-order chi connectivity index (χ0) is 11.3. The van der Waals surface area contributed by atoms with Gasteiger partial charge in [0.1, 0.15) is 6.10 Å². The zero-order valence-electron chi connectivity index (χ0n) is 9.66. The van der Waals surface area contributed by atoms with Crippen LogP contribution in [0.4, 0.5) is 0 Å². The molecule has 1 saturated carbocycles. The third-order valence-corrected chi connectivity index (χ3v) is 2.85. The summed E-state index contributed by atoms with van der Waals surface area (Å²) in [5.74, 6) is 1.44. The van der Waals surface area contributed by atoms with Gasteiger partial charge in [-0.05, 0) is 31.6 Å². The third kappa shape index (κ3) is 4.04. The average Bonchev–Trinajstić information content (AvgIpc) is 2.89. The Morgan fingerprint density at radius 1 is 1.73 bits per heavy atom. The Kier molecular flexibility index (Phi) is 4.82. The van der Waals surface area contributed by atoms with Crippen molar-refractivity contribution in [1.29, 1.82) is 0 Å². The lowest BCUT2D eigenvalue weighted by Gasteiger charge is -2.16. The van der Waals surface area contributed by atoms with E-state index in [1.807, 2.05) is 6.92 Å². The van der Waals surface area contributed by atoms with Crippen molar-refractivity contribution in [1.82, 2.24) is 5.32 Å². The molecule has 3 nitrogen and oxygen atoms in total. The lowest BCUT2D eigenvalue weighted by Crippen LogP contribution is -2.36. The van der Waals surface area contributed by atoms with Gasteiger partial charge in [-0.15, -0.1) is 6.58 Å². The Morgan fingerprint density at radius 3 is 2.87 bits per heavy atom. The lowest BCUT2D eigenvalue weighted by molar-refractivity contribution is -0.132. The van der Waals surface area contributed by atoms with Gasteiger partial charge in [0, 0.05) is 6.54 Å². The molecule has 0 spiro atoms. The molecule has 0 aliphatic heterocycles. The van der Waals surface area contributed by atoms with Crippen molar-refractivity contribution < 1.29 is 9.53 Å². The number of carbonyl (C=O) groups excluding carboxylic acids is 1. The average molecular weight is 211 g/mol. The molecule has 1 aliphatic carbocycles. The minimum atomic E-state index is -0.294. The number of likely N-dealkylation sites (N-methyl/N-ethyl adjacent to an activating group) is 1. The van der Waals surface area contributed by atoms with Crippen LogP contribution in [0.5, 0.6) is 0 Å². The molecule has 1 amide bonds. The highest BCUT2D eigenvalue weighted by atomic mass is 16.5. The van der Waals surface area contributed by atoms with Crippen molar-refractivity contribution in [2.75, 3.05) is 13.2 Å². The molecule has 3 unspecified atom stereocenters. The molecular formula is C12H21NO2. The molecular weight excluding hydrogens is 190 g/mol. The molecule has 0 aromatic carbocycles. The fraction of sp³-hybridized carbons (Fsp3) is 0.750. The van der Waals surface area contributed by atoms with Crippen molar-refractivity contribution in [3.8, 4) is 0 Å². The summed E-state index contributed by atoms with van der Waals surface area (Å²) in [7, 11) is 0. The summed E-state index contributed by atoms with van der Waals surface area (Å²) >= 11 is 0. The van der Waals surface area contributed by atoms with Crippen molar-refractivity contribution in [2.24, 2.45) is 11.8 Å². The first-order chi connectivity index (χ1) is 7.19. The minimum Gasteiger partial charge on any atom is -0.364 e. The highest BCUT2D eigenvalue weighted by Gasteiger charge is 2.36. The first-order valence-corrected chi connectivity index (χ1v) is 5.69. The number of hydrogen-bond acceptors (Lipinski definition) is 2. The predicted molar refractivity (Wildman–Crippen MR) is 60.5 cm³/mol. The van der Waals surface area contributed by atoms with Crippen molar-refractivity contribution in [2.45, 2.75) is 32.8 Å². The summed E-state index contributed by atoms with van der Waals surface area (Å²) in [6.07, 6.45) is 3.47. The highest BCUT2D eigenvalue weighted by molar-refractivity contribution is 5.80. The molecule has 0 radical (unpaired) electrons. The normalized spacial score (nSPS) is 25.7. The maximum atomic E-state index is 11.6. The molecule has 0 bridgehead atoms. The second-order valence-electron chi connectivity index (χ2n) is 4.21. The first kappa shape index (κ1) is 12.2. The van der Waals surface area contributed by atoms with Crippen molar-refractivity contribution in [3.63, 3.8) is 0 Å². The predicted octanol–water partition coefficient (Wildman–Crippen LogP) is 1.74. The molecule has 3 atom stereocenters. The lowest BCUT2D eigenvalue weighted by atomic mass is 10.1.